The Morgan fingerprint density at radius 1 is 1.37 bits per heavy atom. The first-order valence-corrected chi connectivity index (χ1v) is 7.95. The molecule has 1 heterocycles. The Bertz CT molecular complexity index is 413. The van der Waals surface area contributed by atoms with Gasteiger partial charge in [-0.05, 0) is 57.6 Å². The van der Waals surface area contributed by atoms with E-state index in [1.54, 1.807) is 0 Å². The Balaban J connectivity index is 1.65. The van der Waals surface area contributed by atoms with E-state index in [9.17, 15) is 0 Å². The molecule has 1 unspecified atom stereocenters. The Hall–Kier alpha value is -0.830. The van der Waals surface area contributed by atoms with E-state index >= 15 is 0 Å². The molecule has 0 saturated heterocycles. The van der Waals surface area contributed by atoms with E-state index in [1.165, 1.54) is 50.6 Å². The minimum absolute atomic E-state index is 0.487. The minimum Gasteiger partial charge on any atom is -0.317 e. The molecule has 0 amide bonds. The van der Waals surface area contributed by atoms with Crippen molar-refractivity contribution in [3.63, 3.8) is 0 Å². The molecule has 3 nitrogen and oxygen atoms in total. The molecule has 0 aromatic carbocycles. The molecule has 1 atom stereocenters. The largest absolute Gasteiger partial charge is 0.317 e. The van der Waals surface area contributed by atoms with Crippen molar-refractivity contribution in [2.45, 2.75) is 70.4 Å². The van der Waals surface area contributed by atoms with Crippen LogP contribution in [0.5, 0.6) is 0 Å². The summed E-state index contributed by atoms with van der Waals surface area (Å²) in [6.07, 6.45) is 12.9. The number of hydrogen-bond acceptors (Lipinski definition) is 2. The zero-order valence-electron chi connectivity index (χ0n) is 12.4. The van der Waals surface area contributed by atoms with E-state index in [0.717, 1.165) is 6.42 Å². The van der Waals surface area contributed by atoms with E-state index in [-0.39, 0.29) is 0 Å². The highest BCUT2D eigenvalue weighted by Gasteiger charge is 2.47. The van der Waals surface area contributed by atoms with Gasteiger partial charge < -0.3 is 5.32 Å². The summed E-state index contributed by atoms with van der Waals surface area (Å²) >= 11 is 0. The molecule has 1 N–H and O–H groups in total. The van der Waals surface area contributed by atoms with Gasteiger partial charge in [0.1, 0.15) is 0 Å². The van der Waals surface area contributed by atoms with E-state index in [0.29, 0.717) is 17.5 Å². The van der Waals surface area contributed by atoms with Crippen molar-refractivity contribution in [2.24, 2.45) is 5.41 Å². The predicted molar refractivity (Wildman–Crippen MR) is 78.2 cm³/mol. The first kappa shape index (κ1) is 13.2. The van der Waals surface area contributed by atoms with Gasteiger partial charge in [-0.25, -0.2) is 0 Å². The van der Waals surface area contributed by atoms with Crippen LogP contribution in [-0.2, 0) is 6.42 Å². The summed E-state index contributed by atoms with van der Waals surface area (Å²) in [5, 5.41) is 8.29. The molecule has 3 rings (SSSR count). The van der Waals surface area contributed by atoms with Crippen LogP contribution in [0, 0.1) is 5.41 Å². The quantitative estimate of drug-likeness (QED) is 0.881. The lowest BCUT2D eigenvalue weighted by Gasteiger charge is -2.23. The summed E-state index contributed by atoms with van der Waals surface area (Å²) in [5.41, 5.74) is 1.78. The number of nitrogens with one attached hydrogen (secondary N) is 1. The second-order valence-corrected chi connectivity index (χ2v) is 6.63. The van der Waals surface area contributed by atoms with Crippen LogP contribution in [0.15, 0.2) is 12.3 Å². The second kappa shape index (κ2) is 5.28. The monoisotopic (exact) mass is 261 g/mol. The zero-order valence-corrected chi connectivity index (χ0v) is 12.4. The van der Waals surface area contributed by atoms with Crippen LogP contribution in [0.4, 0.5) is 0 Å². The van der Waals surface area contributed by atoms with Crippen molar-refractivity contribution in [3.05, 3.63) is 18.0 Å². The molecule has 0 radical (unpaired) electrons. The molecule has 19 heavy (non-hydrogen) atoms. The van der Waals surface area contributed by atoms with Crippen LogP contribution >= 0.6 is 0 Å². The van der Waals surface area contributed by atoms with Crippen LogP contribution < -0.4 is 5.32 Å². The lowest BCUT2D eigenvalue weighted by molar-refractivity contribution is 0.323. The van der Waals surface area contributed by atoms with E-state index in [4.69, 9.17) is 5.10 Å². The SMILES string of the molecule is CNC(C)C1(Cc2ccn(C3CCCCC3)n2)CC1. The topological polar surface area (TPSA) is 29.9 Å². The number of rotatable bonds is 5. The van der Waals surface area contributed by atoms with Crippen LogP contribution in [0.2, 0.25) is 0 Å². The van der Waals surface area contributed by atoms with Gasteiger partial charge in [0.2, 0.25) is 0 Å². The van der Waals surface area contributed by atoms with Gasteiger partial charge in [0.25, 0.3) is 0 Å². The standard InChI is InChI=1S/C16H27N3/c1-13(17-2)16(9-10-16)12-14-8-11-19(18-14)15-6-4-3-5-7-15/h8,11,13,15,17H,3-7,9-10,12H2,1-2H3. The van der Waals surface area contributed by atoms with Crippen LogP contribution in [-0.4, -0.2) is 22.9 Å². The summed E-state index contributed by atoms with van der Waals surface area (Å²) in [7, 11) is 2.07. The molecule has 3 heteroatoms. The third kappa shape index (κ3) is 2.71. The maximum Gasteiger partial charge on any atom is 0.0630 e. The highest BCUT2D eigenvalue weighted by Crippen LogP contribution is 2.51. The van der Waals surface area contributed by atoms with Gasteiger partial charge in [0, 0.05) is 12.2 Å². The van der Waals surface area contributed by atoms with Crippen molar-refractivity contribution < 1.29 is 0 Å². The van der Waals surface area contributed by atoms with Gasteiger partial charge in [-0.3, -0.25) is 4.68 Å². The van der Waals surface area contributed by atoms with Crippen LogP contribution in [0.25, 0.3) is 0 Å². The molecular formula is C16H27N3. The van der Waals surface area contributed by atoms with Gasteiger partial charge in [-0.15, -0.1) is 0 Å². The van der Waals surface area contributed by atoms with Crippen molar-refractivity contribution in [1.82, 2.24) is 15.1 Å². The first-order chi connectivity index (χ1) is 9.23. The smallest absolute Gasteiger partial charge is 0.0630 e. The Morgan fingerprint density at radius 2 is 2.11 bits per heavy atom. The van der Waals surface area contributed by atoms with E-state index in [1.807, 2.05) is 0 Å². The molecule has 0 aliphatic heterocycles. The maximum atomic E-state index is 4.86. The average molecular weight is 261 g/mol. The molecule has 2 aliphatic carbocycles. The summed E-state index contributed by atoms with van der Waals surface area (Å²) < 4.78 is 2.24. The molecule has 1 aromatic heterocycles. The first-order valence-electron chi connectivity index (χ1n) is 7.95. The summed E-state index contributed by atoms with van der Waals surface area (Å²) in [4.78, 5) is 0. The number of nitrogens with zero attached hydrogens (tertiary/aromatic N) is 2. The Labute approximate surface area is 116 Å². The summed E-state index contributed by atoms with van der Waals surface area (Å²) in [5.74, 6) is 0. The summed E-state index contributed by atoms with van der Waals surface area (Å²) in [6, 6.07) is 3.52. The predicted octanol–water partition coefficient (Wildman–Crippen LogP) is 3.32. The molecule has 0 bridgehead atoms. The third-order valence-corrected chi connectivity index (χ3v) is 5.39. The average Bonchev–Trinajstić information content (AvgIpc) is 3.09. The fraction of sp³-hybridized carbons (Fsp3) is 0.812. The maximum absolute atomic E-state index is 4.86. The van der Waals surface area contributed by atoms with Crippen molar-refractivity contribution in [1.29, 1.82) is 0 Å². The molecular weight excluding hydrogens is 234 g/mol. The summed E-state index contributed by atoms with van der Waals surface area (Å²) in [6.45, 7) is 2.31. The van der Waals surface area contributed by atoms with Crippen molar-refractivity contribution in [3.8, 4) is 0 Å². The van der Waals surface area contributed by atoms with E-state index < -0.39 is 0 Å². The molecule has 2 aliphatic rings. The Morgan fingerprint density at radius 3 is 2.74 bits per heavy atom. The molecule has 2 saturated carbocycles. The normalized spacial score (nSPS) is 24.3. The fourth-order valence-electron chi connectivity index (χ4n) is 3.61. The Kier molecular flexibility index (Phi) is 3.66. The van der Waals surface area contributed by atoms with Crippen molar-refractivity contribution >= 4 is 0 Å². The van der Waals surface area contributed by atoms with Crippen LogP contribution in [0.3, 0.4) is 0 Å². The van der Waals surface area contributed by atoms with Gasteiger partial charge in [0.15, 0.2) is 0 Å². The highest BCUT2D eigenvalue weighted by molar-refractivity contribution is 5.11. The highest BCUT2D eigenvalue weighted by atomic mass is 15.3. The lowest BCUT2D eigenvalue weighted by Crippen LogP contribution is -2.33. The molecule has 0 spiro atoms. The van der Waals surface area contributed by atoms with Gasteiger partial charge in [-0.2, -0.15) is 5.10 Å². The van der Waals surface area contributed by atoms with Gasteiger partial charge in [-0.1, -0.05) is 19.3 Å². The fourth-order valence-corrected chi connectivity index (χ4v) is 3.61. The number of aromatic nitrogens is 2. The van der Waals surface area contributed by atoms with Crippen LogP contribution in [0.1, 0.15) is 63.6 Å². The van der Waals surface area contributed by atoms with Gasteiger partial charge >= 0.3 is 0 Å². The molecule has 106 valence electrons. The van der Waals surface area contributed by atoms with Gasteiger partial charge in [0.05, 0.1) is 11.7 Å². The number of hydrogen-bond donors (Lipinski definition) is 1. The lowest BCUT2D eigenvalue weighted by atomic mass is 9.92. The molecule has 2 fully saturated rings. The van der Waals surface area contributed by atoms with E-state index in [2.05, 4.69) is 36.2 Å². The minimum atomic E-state index is 0.487. The van der Waals surface area contributed by atoms with Crippen molar-refractivity contribution in [2.75, 3.05) is 7.05 Å². The molecule has 1 aromatic rings. The third-order valence-electron chi connectivity index (χ3n) is 5.39. The zero-order chi connectivity index (χ0) is 13.3. The second-order valence-electron chi connectivity index (χ2n) is 6.63.